The molecular weight excluding hydrogens is 447 g/mol. The molecule has 0 bridgehead atoms. The second-order valence-corrected chi connectivity index (χ2v) is 9.10. The number of halogens is 1. The van der Waals surface area contributed by atoms with Crippen LogP contribution in [0.5, 0.6) is 0 Å². The van der Waals surface area contributed by atoms with Crippen LogP contribution in [0.15, 0.2) is 82.5 Å². The van der Waals surface area contributed by atoms with Gasteiger partial charge in [0.15, 0.2) is 0 Å². The van der Waals surface area contributed by atoms with Gasteiger partial charge in [-0.2, -0.15) is 0 Å². The summed E-state index contributed by atoms with van der Waals surface area (Å²) in [6, 6.07) is 18.0. The highest BCUT2D eigenvalue weighted by molar-refractivity contribution is 7.92. The number of carbonyl (C=O) groups is 1. The molecule has 4 rings (SSSR count). The van der Waals surface area contributed by atoms with Gasteiger partial charge in [0.1, 0.15) is 5.82 Å². The van der Waals surface area contributed by atoms with Crippen LogP contribution in [0.2, 0.25) is 0 Å². The van der Waals surface area contributed by atoms with Crippen LogP contribution in [0, 0.1) is 5.82 Å². The van der Waals surface area contributed by atoms with Gasteiger partial charge in [0, 0.05) is 31.4 Å². The minimum Gasteiger partial charge on any atom is -0.326 e. The first-order chi connectivity index (χ1) is 15.7. The highest BCUT2D eigenvalue weighted by Gasteiger charge is 2.15. The van der Waals surface area contributed by atoms with Crippen molar-refractivity contribution in [1.82, 2.24) is 9.13 Å². The van der Waals surface area contributed by atoms with Gasteiger partial charge in [-0.3, -0.25) is 18.7 Å². The van der Waals surface area contributed by atoms with Gasteiger partial charge in [0.2, 0.25) is 5.91 Å². The van der Waals surface area contributed by atoms with Crippen molar-refractivity contribution in [3.8, 4) is 0 Å². The Morgan fingerprint density at radius 3 is 2.18 bits per heavy atom. The van der Waals surface area contributed by atoms with E-state index in [4.69, 9.17) is 0 Å². The van der Waals surface area contributed by atoms with Crippen molar-refractivity contribution < 1.29 is 17.6 Å². The normalized spacial score (nSPS) is 11.5. The molecule has 1 amide bonds. The van der Waals surface area contributed by atoms with Crippen LogP contribution in [0.3, 0.4) is 0 Å². The molecule has 2 N–H and O–H groups in total. The molecule has 0 atom stereocenters. The summed E-state index contributed by atoms with van der Waals surface area (Å²) in [6.07, 6.45) is 0.0901. The number of nitrogens with one attached hydrogen (secondary N) is 2. The molecule has 1 heterocycles. The van der Waals surface area contributed by atoms with Crippen molar-refractivity contribution in [2.45, 2.75) is 17.9 Å². The minimum absolute atomic E-state index is 0.0649. The summed E-state index contributed by atoms with van der Waals surface area (Å²) < 4.78 is 43.3. The van der Waals surface area contributed by atoms with Crippen molar-refractivity contribution in [3.05, 3.63) is 89.1 Å². The zero-order valence-electron chi connectivity index (χ0n) is 17.7. The van der Waals surface area contributed by atoms with Gasteiger partial charge >= 0.3 is 5.69 Å². The average molecular weight is 469 g/mol. The Kier molecular flexibility index (Phi) is 6.01. The molecule has 0 radical (unpaired) electrons. The largest absolute Gasteiger partial charge is 0.328 e. The van der Waals surface area contributed by atoms with Crippen molar-refractivity contribution in [3.63, 3.8) is 0 Å². The number of carbonyl (C=O) groups excluding carboxylic acids is 1. The molecule has 170 valence electrons. The number of para-hydroxylation sites is 2. The molecule has 0 fully saturated rings. The van der Waals surface area contributed by atoms with Crippen LogP contribution in [0.4, 0.5) is 15.8 Å². The number of hydrogen-bond acceptors (Lipinski definition) is 4. The average Bonchev–Trinajstić information content (AvgIpc) is 3.04. The quantitative estimate of drug-likeness (QED) is 0.434. The van der Waals surface area contributed by atoms with Crippen LogP contribution in [0.25, 0.3) is 11.0 Å². The number of amides is 1. The van der Waals surface area contributed by atoms with E-state index in [-0.39, 0.29) is 29.5 Å². The SMILES string of the molecule is Cn1c(=O)n(CCC(=O)Nc2ccc(NS(=O)(=O)c3ccc(F)cc3)cc2)c2ccccc21. The molecule has 4 aromatic rings. The van der Waals surface area contributed by atoms with Crippen molar-refractivity contribution in [1.29, 1.82) is 0 Å². The summed E-state index contributed by atoms with van der Waals surface area (Å²) in [4.78, 5) is 24.8. The third-order valence-electron chi connectivity index (χ3n) is 5.16. The predicted octanol–water partition coefficient (Wildman–Crippen LogP) is 3.31. The number of rotatable bonds is 7. The van der Waals surface area contributed by atoms with Crippen molar-refractivity contribution >= 4 is 38.3 Å². The Balaban J connectivity index is 1.38. The van der Waals surface area contributed by atoms with Crippen LogP contribution in [-0.2, 0) is 28.4 Å². The highest BCUT2D eigenvalue weighted by atomic mass is 32.2. The summed E-state index contributed by atoms with van der Waals surface area (Å²) in [5.74, 6) is -0.811. The first-order valence-corrected chi connectivity index (χ1v) is 11.6. The summed E-state index contributed by atoms with van der Waals surface area (Å²) in [5.41, 5.74) is 2.13. The van der Waals surface area contributed by atoms with Gasteiger partial charge < -0.3 is 5.32 Å². The lowest BCUT2D eigenvalue weighted by molar-refractivity contribution is -0.116. The van der Waals surface area contributed by atoms with Crippen LogP contribution >= 0.6 is 0 Å². The molecule has 33 heavy (non-hydrogen) atoms. The number of aromatic nitrogens is 2. The number of benzene rings is 3. The third-order valence-corrected chi connectivity index (χ3v) is 6.56. The highest BCUT2D eigenvalue weighted by Crippen LogP contribution is 2.19. The summed E-state index contributed by atoms with van der Waals surface area (Å²) in [6.45, 7) is 0.224. The van der Waals surface area contributed by atoms with E-state index in [0.29, 0.717) is 11.4 Å². The second-order valence-electron chi connectivity index (χ2n) is 7.42. The van der Waals surface area contributed by atoms with E-state index in [2.05, 4.69) is 10.0 Å². The van der Waals surface area contributed by atoms with Gasteiger partial charge in [-0.05, 0) is 60.7 Å². The van der Waals surface area contributed by atoms with E-state index in [0.717, 1.165) is 23.2 Å². The molecule has 10 heteroatoms. The molecule has 0 saturated carbocycles. The van der Waals surface area contributed by atoms with Crippen LogP contribution < -0.4 is 15.7 Å². The Morgan fingerprint density at radius 2 is 1.52 bits per heavy atom. The molecule has 0 aliphatic carbocycles. The third kappa shape index (κ3) is 4.80. The first kappa shape index (κ1) is 22.3. The number of fused-ring (bicyclic) bond motifs is 1. The molecule has 0 aliphatic rings. The van der Waals surface area contributed by atoms with Gasteiger partial charge in [-0.15, -0.1) is 0 Å². The number of aryl methyl sites for hydroxylation is 2. The van der Waals surface area contributed by atoms with E-state index in [1.165, 1.54) is 24.3 Å². The zero-order chi connectivity index (χ0) is 23.6. The number of anilines is 2. The smallest absolute Gasteiger partial charge is 0.326 e. The van der Waals surface area contributed by atoms with Gasteiger partial charge in [-0.1, -0.05) is 12.1 Å². The monoisotopic (exact) mass is 468 g/mol. The number of nitrogens with zero attached hydrogens (tertiary/aromatic N) is 2. The molecule has 0 aliphatic heterocycles. The van der Waals surface area contributed by atoms with Gasteiger partial charge in [0.25, 0.3) is 10.0 Å². The molecule has 0 unspecified atom stereocenters. The number of hydrogen-bond donors (Lipinski definition) is 2. The summed E-state index contributed by atoms with van der Waals surface area (Å²) in [7, 11) is -2.18. The van der Waals surface area contributed by atoms with Gasteiger partial charge in [-0.25, -0.2) is 17.6 Å². The molecule has 1 aromatic heterocycles. The lowest BCUT2D eigenvalue weighted by Crippen LogP contribution is -2.24. The maximum absolute atomic E-state index is 13.0. The summed E-state index contributed by atoms with van der Waals surface area (Å²) in [5, 5.41) is 2.73. The molecule has 0 spiro atoms. The topological polar surface area (TPSA) is 102 Å². The zero-order valence-corrected chi connectivity index (χ0v) is 18.5. The molecular formula is C23H21FN4O4S. The van der Waals surface area contributed by atoms with Gasteiger partial charge in [0.05, 0.1) is 15.9 Å². The predicted molar refractivity (Wildman–Crippen MR) is 124 cm³/mol. The fourth-order valence-corrected chi connectivity index (χ4v) is 4.52. The Labute approximate surface area is 189 Å². The fraction of sp³-hybridized carbons (Fsp3) is 0.130. The molecule has 3 aromatic carbocycles. The van der Waals surface area contributed by atoms with Crippen LogP contribution in [-0.4, -0.2) is 23.5 Å². The standard InChI is InChI=1S/C23H21FN4O4S/c1-27-20-4-2-3-5-21(20)28(23(27)30)15-14-22(29)25-17-8-10-18(11-9-17)26-33(31,32)19-12-6-16(24)7-13-19/h2-13,26H,14-15H2,1H3,(H,25,29). The van der Waals surface area contributed by atoms with Crippen molar-refractivity contribution in [2.75, 3.05) is 10.0 Å². The van der Waals surface area contributed by atoms with Crippen molar-refractivity contribution in [2.24, 2.45) is 7.05 Å². The molecule has 8 nitrogen and oxygen atoms in total. The Morgan fingerprint density at radius 1 is 0.909 bits per heavy atom. The number of sulfonamides is 1. The Bertz CT molecular complexity index is 1470. The first-order valence-electron chi connectivity index (χ1n) is 10.1. The molecule has 0 saturated heterocycles. The maximum atomic E-state index is 13.0. The number of imidazole rings is 1. The van der Waals surface area contributed by atoms with E-state index >= 15 is 0 Å². The van der Waals surface area contributed by atoms with E-state index in [1.54, 1.807) is 28.3 Å². The van der Waals surface area contributed by atoms with E-state index in [1.807, 2.05) is 24.3 Å². The summed E-state index contributed by atoms with van der Waals surface area (Å²) >= 11 is 0. The van der Waals surface area contributed by atoms with Crippen LogP contribution in [0.1, 0.15) is 6.42 Å². The van der Waals surface area contributed by atoms with E-state index in [9.17, 15) is 22.4 Å². The lowest BCUT2D eigenvalue weighted by Gasteiger charge is -2.10. The fourth-order valence-electron chi connectivity index (χ4n) is 3.47. The second kappa shape index (κ2) is 8.91. The maximum Gasteiger partial charge on any atom is 0.328 e. The van der Waals surface area contributed by atoms with E-state index < -0.39 is 15.8 Å². The Hall–Kier alpha value is -3.92. The lowest BCUT2D eigenvalue weighted by atomic mass is 10.2. The minimum atomic E-state index is -3.86.